The van der Waals surface area contributed by atoms with E-state index in [1.54, 1.807) is 0 Å². The topological polar surface area (TPSA) is 75.1 Å². The van der Waals surface area contributed by atoms with Crippen LogP contribution in [-0.2, 0) is 10.9 Å². The highest BCUT2D eigenvalue weighted by Gasteiger charge is 2.31. The molecule has 0 aromatic heterocycles. The Bertz CT molecular complexity index is 647. The Morgan fingerprint density at radius 1 is 1.39 bits per heavy atom. The molecule has 1 saturated heterocycles. The fraction of sp³-hybridized carbons (Fsp3) is 0.632. The summed E-state index contributed by atoms with van der Waals surface area (Å²) in [6, 6.07) is 4.57. The number of ether oxygens (including phenoxy) is 2. The zero-order chi connectivity index (χ0) is 20.6. The highest BCUT2D eigenvalue weighted by atomic mass is 19.4. The van der Waals surface area contributed by atoms with Crippen LogP contribution in [0.5, 0.6) is 5.75 Å². The number of nitrogens with zero attached hydrogens (tertiary/aromatic N) is 1. The lowest BCUT2D eigenvalue weighted by molar-refractivity contribution is -0.137. The highest BCUT2D eigenvalue weighted by Crippen LogP contribution is 2.31. The average Bonchev–Trinajstić information content (AvgIpc) is 3.09. The molecule has 1 aliphatic rings. The quantitative estimate of drug-likeness (QED) is 0.460. The van der Waals surface area contributed by atoms with Gasteiger partial charge >= 0.3 is 6.18 Å². The van der Waals surface area contributed by atoms with Crippen molar-refractivity contribution < 1.29 is 27.8 Å². The van der Waals surface area contributed by atoms with Crippen LogP contribution in [-0.4, -0.2) is 55.6 Å². The first kappa shape index (κ1) is 22.3. The molecular weight excluding hydrogens is 375 g/mol. The number of hydrogen-bond donors (Lipinski definition) is 3. The summed E-state index contributed by atoms with van der Waals surface area (Å²) in [5.41, 5.74) is -1.06. The zero-order valence-corrected chi connectivity index (χ0v) is 16.2. The molecule has 1 fully saturated rings. The third-order valence-electron chi connectivity index (χ3n) is 4.33. The first-order chi connectivity index (χ1) is 13.2. The summed E-state index contributed by atoms with van der Waals surface area (Å²) in [6.07, 6.45) is -3.39. The molecule has 0 aliphatic carbocycles. The molecule has 3 N–H and O–H groups in total. The van der Waals surface area contributed by atoms with E-state index >= 15 is 0 Å². The van der Waals surface area contributed by atoms with Crippen molar-refractivity contribution in [1.82, 2.24) is 10.6 Å². The van der Waals surface area contributed by atoms with Crippen molar-refractivity contribution >= 4 is 5.96 Å². The largest absolute Gasteiger partial charge is 0.491 e. The van der Waals surface area contributed by atoms with Crippen LogP contribution >= 0.6 is 0 Å². The van der Waals surface area contributed by atoms with Crippen molar-refractivity contribution in [1.29, 1.82) is 0 Å². The van der Waals surface area contributed by atoms with Gasteiger partial charge in [-0.3, -0.25) is 4.99 Å². The minimum atomic E-state index is -4.43. The predicted molar refractivity (Wildman–Crippen MR) is 101 cm³/mol. The van der Waals surface area contributed by atoms with E-state index < -0.39 is 17.8 Å². The number of guanidine groups is 1. The molecule has 9 heteroatoms. The fourth-order valence-electron chi connectivity index (χ4n) is 2.78. The number of benzene rings is 1. The minimum Gasteiger partial charge on any atom is -0.491 e. The van der Waals surface area contributed by atoms with Crippen molar-refractivity contribution in [2.24, 2.45) is 4.99 Å². The van der Waals surface area contributed by atoms with Crippen LogP contribution in [0.15, 0.2) is 29.3 Å². The summed E-state index contributed by atoms with van der Waals surface area (Å²) in [5, 5.41) is 16.2. The summed E-state index contributed by atoms with van der Waals surface area (Å²) in [6.45, 7) is 5.83. The molecule has 28 heavy (non-hydrogen) atoms. The van der Waals surface area contributed by atoms with E-state index in [4.69, 9.17) is 9.47 Å². The Labute approximate surface area is 163 Å². The van der Waals surface area contributed by atoms with E-state index in [2.05, 4.69) is 15.6 Å². The number of hydrogen-bond acceptors (Lipinski definition) is 4. The molecule has 1 aromatic rings. The molecule has 0 bridgehead atoms. The first-order valence-corrected chi connectivity index (χ1v) is 9.36. The average molecular weight is 403 g/mol. The number of alkyl halides is 3. The van der Waals surface area contributed by atoms with Gasteiger partial charge in [0.15, 0.2) is 5.96 Å². The second kappa shape index (κ2) is 9.97. The van der Waals surface area contributed by atoms with Crippen molar-refractivity contribution in [3.63, 3.8) is 0 Å². The third-order valence-corrected chi connectivity index (χ3v) is 4.33. The standard InChI is InChI=1S/C19H28F3N3O3/c1-3-23-17(25-13-18(2)8-5-9-28-18)24-11-15(26)12-27-16-7-4-6-14(10-16)19(20,21)22/h4,6-7,10,15,26H,3,5,8-9,11-13H2,1-2H3,(H2,23,24,25). The monoisotopic (exact) mass is 403 g/mol. The number of halogens is 3. The SMILES string of the molecule is CCNC(=NCC1(C)CCCO1)NCC(O)COc1cccc(C(F)(F)F)c1. The molecule has 1 aromatic carbocycles. The van der Waals surface area contributed by atoms with Gasteiger partial charge < -0.3 is 25.2 Å². The molecule has 6 nitrogen and oxygen atoms in total. The van der Waals surface area contributed by atoms with Gasteiger partial charge in [-0.25, -0.2) is 0 Å². The summed E-state index contributed by atoms with van der Waals surface area (Å²) in [4.78, 5) is 4.49. The molecule has 0 radical (unpaired) electrons. The third kappa shape index (κ3) is 7.20. The molecular formula is C19H28F3N3O3. The van der Waals surface area contributed by atoms with Gasteiger partial charge in [0.2, 0.25) is 0 Å². The van der Waals surface area contributed by atoms with E-state index in [-0.39, 0.29) is 24.5 Å². The fourth-order valence-corrected chi connectivity index (χ4v) is 2.78. The first-order valence-electron chi connectivity index (χ1n) is 9.36. The zero-order valence-electron chi connectivity index (χ0n) is 16.2. The Kier molecular flexibility index (Phi) is 7.94. The molecule has 0 amide bonds. The van der Waals surface area contributed by atoms with Gasteiger partial charge in [-0.15, -0.1) is 0 Å². The lowest BCUT2D eigenvalue weighted by Crippen LogP contribution is -2.43. The predicted octanol–water partition coefficient (Wildman–Crippen LogP) is 2.57. The maximum atomic E-state index is 12.7. The van der Waals surface area contributed by atoms with Crippen LogP contribution < -0.4 is 15.4 Å². The summed E-state index contributed by atoms with van der Waals surface area (Å²) in [7, 11) is 0. The van der Waals surface area contributed by atoms with E-state index in [1.165, 1.54) is 12.1 Å². The van der Waals surface area contributed by atoms with Gasteiger partial charge in [0, 0.05) is 19.7 Å². The Morgan fingerprint density at radius 2 is 2.18 bits per heavy atom. The van der Waals surface area contributed by atoms with E-state index in [0.717, 1.165) is 31.6 Å². The lowest BCUT2D eigenvalue weighted by Gasteiger charge is -2.22. The molecule has 0 spiro atoms. The molecule has 1 aliphatic heterocycles. The van der Waals surface area contributed by atoms with Crippen LogP contribution in [0.2, 0.25) is 0 Å². The van der Waals surface area contributed by atoms with Crippen LogP contribution in [0.4, 0.5) is 13.2 Å². The number of nitrogens with one attached hydrogen (secondary N) is 2. The van der Waals surface area contributed by atoms with Crippen molar-refractivity contribution in [3.8, 4) is 5.75 Å². The maximum Gasteiger partial charge on any atom is 0.416 e. The molecule has 2 rings (SSSR count). The van der Waals surface area contributed by atoms with E-state index in [1.807, 2.05) is 13.8 Å². The van der Waals surface area contributed by atoms with Crippen molar-refractivity contribution in [3.05, 3.63) is 29.8 Å². The smallest absolute Gasteiger partial charge is 0.416 e. The van der Waals surface area contributed by atoms with Gasteiger partial charge in [-0.2, -0.15) is 13.2 Å². The second-order valence-corrected chi connectivity index (χ2v) is 6.97. The van der Waals surface area contributed by atoms with Crippen molar-refractivity contribution in [2.75, 3.05) is 32.8 Å². The lowest BCUT2D eigenvalue weighted by atomic mass is 10.0. The van der Waals surface area contributed by atoms with Crippen LogP contribution in [0.25, 0.3) is 0 Å². The van der Waals surface area contributed by atoms with Crippen LogP contribution in [0.3, 0.4) is 0 Å². The summed E-state index contributed by atoms with van der Waals surface area (Å²) < 4.78 is 49.1. The van der Waals surface area contributed by atoms with Crippen molar-refractivity contribution in [2.45, 2.75) is 44.6 Å². The highest BCUT2D eigenvalue weighted by molar-refractivity contribution is 5.79. The Morgan fingerprint density at radius 3 is 2.82 bits per heavy atom. The van der Waals surface area contributed by atoms with Crippen LogP contribution in [0, 0.1) is 0 Å². The summed E-state index contributed by atoms with van der Waals surface area (Å²) in [5.74, 6) is 0.595. The second-order valence-electron chi connectivity index (χ2n) is 6.97. The molecule has 158 valence electrons. The maximum absolute atomic E-state index is 12.7. The Hall–Kier alpha value is -2.00. The minimum absolute atomic E-state index is 0.0563. The number of rotatable bonds is 8. The number of aliphatic hydroxyl groups excluding tert-OH is 1. The molecule has 0 saturated carbocycles. The van der Waals surface area contributed by atoms with E-state index in [9.17, 15) is 18.3 Å². The van der Waals surface area contributed by atoms with Crippen LogP contribution in [0.1, 0.15) is 32.3 Å². The van der Waals surface area contributed by atoms with Gasteiger partial charge in [0.25, 0.3) is 0 Å². The number of aliphatic imine (C=N–C) groups is 1. The normalized spacial score (nSPS) is 21.4. The summed E-state index contributed by atoms with van der Waals surface area (Å²) >= 11 is 0. The van der Waals surface area contributed by atoms with Gasteiger partial charge in [-0.1, -0.05) is 6.07 Å². The molecule has 2 atom stereocenters. The molecule has 1 heterocycles. The van der Waals surface area contributed by atoms with E-state index in [0.29, 0.717) is 19.0 Å². The van der Waals surface area contributed by atoms with Gasteiger partial charge in [0.05, 0.1) is 17.7 Å². The van der Waals surface area contributed by atoms with Gasteiger partial charge in [-0.05, 0) is 44.9 Å². The number of aliphatic hydroxyl groups is 1. The Balaban J connectivity index is 1.81. The molecule has 2 unspecified atom stereocenters. The van der Waals surface area contributed by atoms with Gasteiger partial charge in [0.1, 0.15) is 18.5 Å².